The highest BCUT2D eigenvalue weighted by atomic mass is 19.2. The number of carbonyl (C=O) groups excluding carboxylic acids is 1. The molecule has 1 aromatic heterocycles. The third-order valence-corrected chi connectivity index (χ3v) is 3.83. The van der Waals surface area contributed by atoms with Gasteiger partial charge in [0, 0.05) is 18.3 Å². The lowest BCUT2D eigenvalue weighted by Crippen LogP contribution is -2.20. The molecule has 1 N–H and O–H groups in total. The molecular formula is C19H15F3N4O. The van der Waals surface area contributed by atoms with Gasteiger partial charge in [0.25, 0.3) is 5.91 Å². The summed E-state index contributed by atoms with van der Waals surface area (Å²) in [6, 6.07) is 12.5. The van der Waals surface area contributed by atoms with Gasteiger partial charge < -0.3 is 10.2 Å². The molecule has 5 nitrogen and oxygen atoms in total. The van der Waals surface area contributed by atoms with Gasteiger partial charge in [-0.3, -0.25) is 4.79 Å². The van der Waals surface area contributed by atoms with Gasteiger partial charge in [0.15, 0.2) is 17.5 Å². The van der Waals surface area contributed by atoms with Crippen molar-refractivity contribution in [3.63, 3.8) is 0 Å². The maximum atomic E-state index is 13.8. The van der Waals surface area contributed by atoms with Crippen molar-refractivity contribution in [3.8, 4) is 0 Å². The van der Waals surface area contributed by atoms with Gasteiger partial charge in [-0.15, -0.1) is 0 Å². The van der Waals surface area contributed by atoms with E-state index in [1.165, 1.54) is 12.4 Å². The van der Waals surface area contributed by atoms with Crippen LogP contribution in [0.3, 0.4) is 0 Å². The highest BCUT2D eigenvalue weighted by molar-refractivity contribution is 6.03. The van der Waals surface area contributed by atoms with Gasteiger partial charge in [-0.2, -0.15) is 0 Å². The van der Waals surface area contributed by atoms with Gasteiger partial charge in [-0.1, -0.05) is 18.2 Å². The quantitative estimate of drug-likeness (QED) is 0.679. The molecule has 2 aromatic carbocycles. The Bertz CT molecular complexity index is 966. The number of nitrogens with zero attached hydrogens (tertiary/aromatic N) is 3. The van der Waals surface area contributed by atoms with Crippen molar-refractivity contribution in [2.45, 2.75) is 6.92 Å². The van der Waals surface area contributed by atoms with E-state index in [2.05, 4.69) is 15.3 Å². The molecule has 0 aliphatic heterocycles. The zero-order chi connectivity index (χ0) is 19.4. The largest absolute Gasteiger partial charge is 0.327 e. The monoisotopic (exact) mass is 372 g/mol. The summed E-state index contributed by atoms with van der Waals surface area (Å²) in [7, 11) is 0. The zero-order valence-corrected chi connectivity index (χ0v) is 14.3. The smallest absolute Gasteiger partial charge is 0.274 e. The standard InChI is InChI=1S/C19H15F3N4O/c1-2-26(12-6-4-3-5-7-12)16-10-15(23-11-24-16)19(27)25-14-9-8-13(20)17(21)18(14)22/h3-11H,2H2,1H3,(H,25,27). The van der Waals surface area contributed by atoms with Gasteiger partial charge in [-0.05, 0) is 31.2 Å². The first-order valence-electron chi connectivity index (χ1n) is 8.10. The first-order chi connectivity index (χ1) is 13.0. The third kappa shape index (κ3) is 3.89. The van der Waals surface area contributed by atoms with E-state index in [9.17, 15) is 18.0 Å². The van der Waals surface area contributed by atoms with E-state index in [4.69, 9.17) is 0 Å². The minimum atomic E-state index is -1.66. The average Bonchev–Trinajstić information content (AvgIpc) is 2.70. The third-order valence-electron chi connectivity index (χ3n) is 3.83. The maximum Gasteiger partial charge on any atom is 0.274 e. The number of rotatable bonds is 5. The van der Waals surface area contributed by atoms with Crippen LogP contribution in [0.2, 0.25) is 0 Å². The highest BCUT2D eigenvalue weighted by Gasteiger charge is 2.18. The SMILES string of the molecule is CCN(c1ccccc1)c1cc(C(=O)Nc2ccc(F)c(F)c2F)ncn1. The van der Waals surface area contributed by atoms with Crippen molar-refractivity contribution >= 4 is 23.1 Å². The molecule has 3 aromatic rings. The molecule has 0 aliphatic rings. The lowest BCUT2D eigenvalue weighted by Gasteiger charge is -2.22. The predicted molar refractivity (Wildman–Crippen MR) is 95.4 cm³/mol. The summed E-state index contributed by atoms with van der Waals surface area (Å²) < 4.78 is 40.1. The van der Waals surface area contributed by atoms with Crippen LogP contribution in [0.25, 0.3) is 0 Å². The molecule has 0 saturated carbocycles. The summed E-state index contributed by atoms with van der Waals surface area (Å²) >= 11 is 0. The molecule has 0 bridgehead atoms. The van der Waals surface area contributed by atoms with Gasteiger partial charge in [0.05, 0.1) is 5.69 Å². The van der Waals surface area contributed by atoms with E-state index < -0.39 is 29.0 Å². The highest BCUT2D eigenvalue weighted by Crippen LogP contribution is 2.24. The van der Waals surface area contributed by atoms with Crippen molar-refractivity contribution in [3.05, 3.63) is 78.0 Å². The van der Waals surface area contributed by atoms with Crippen molar-refractivity contribution in [1.29, 1.82) is 0 Å². The Morgan fingerprint density at radius 1 is 1.04 bits per heavy atom. The fourth-order valence-electron chi connectivity index (χ4n) is 2.51. The molecule has 8 heteroatoms. The van der Waals surface area contributed by atoms with Crippen molar-refractivity contribution in [2.75, 3.05) is 16.8 Å². The Balaban J connectivity index is 1.87. The number of amides is 1. The van der Waals surface area contributed by atoms with Gasteiger partial charge in [0.2, 0.25) is 0 Å². The first kappa shape index (κ1) is 18.4. The molecule has 1 amide bonds. The van der Waals surface area contributed by atoms with Crippen LogP contribution in [0, 0.1) is 17.5 Å². The second kappa shape index (κ2) is 7.86. The number of hydrogen-bond acceptors (Lipinski definition) is 4. The van der Waals surface area contributed by atoms with Crippen LogP contribution in [-0.4, -0.2) is 22.4 Å². The molecule has 0 fully saturated rings. The van der Waals surface area contributed by atoms with Gasteiger partial charge >= 0.3 is 0 Å². The molecule has 0 radical (unpaired) electrons. The van der Waals surface area contributed by atoms with Crippen LogP contribution < -0.4 is 10.2 Å². The number of anilines is 3. The van der Waals surface area contributed by atoms with Gasteiger partial charge in [0.1, 0.15) is 17.8 Å². The van der Waals surface area contributed by atoms with E-state index in [-0.39, 0.29) is 5.69 Å². The molecule has 27 heavy (non-hydrogen) atoms. The van der Waals surface area contributed by atoms with Crippen LogP contribution in [0.1, 0.15) is 17.4 Å². The summed E-state index contributed by atoms with van der Waals surface area (Å²) in [5.41, 5.74) is 0.352. The Labute approximate surface area is 153 Å². The summed E-state index contributed by atoms with van der Waals surface area (Å²) in [5.74, 6) is -4.77. The molecule has 138 valence electrons. The second-order valence-corrected chi connectivity index (χ2v) is 5.52. The van der Waals surface area contributed by atoms with Gasteiger partial charge in [-0.25, -0.2) is 23.1 Å². The molecular weight excluding hydrogens is 357 g/mol. The van der Waals surface area contributed by atoms with Crippen LogP contribution in [0.4, 0.5) is 30.4 Å². The summed E-state index contributed by atoms with van der Waals surface area (Å²) in [5, 5.41) is 2.19. The molecule has 0 aliphatic carbocycles. The molecule has 0 spiro atoms. The first-order valence-corrected chi connectivity index (χ1v) is 8.10. The molecule has 0 unspecified atom stereocenters. The van der Waals surface area contributed by atoms with E-state index >= 15 is 0 Å². The van der Waals surface area contributed by atoms with E-state index in [0.29, 0.717) is 12.4 Å². The zero-order valence-electron chi connectivity index (χ0n) is 14.3. The number of nitrogens with one attached hydrogen (secondary N) is 1. The van der Waals surface area contributed by atoms with Crippen LogP contribution in [0.15, 0.2) is 54.9 Å². The number of hydrogen-bond donors (Lipinski definition) is 1. The topological polar surface area (TPSA) is 58.1 Å². The Hall–Kier alpha value is -3.42. The molecule has 3 rings (SSSR count). The fraction of sp³-hybridized carbons (Fsp3) is 0.105. The predicted octanol–water partition coefficient (Wildman–Crippen LogP) is 4.30. The van der Waals surface area contributed by atoms with Crippen molar-refractivity contribution in [2.24, 2.45) is 0 Å². The van der Waals surface area contributed by atoms with E-state index in [1.807, 2.05) is 42.2 Å². The second-order valence-electron chi connectivity index (χ2n) is 5.52. The Morgan fingerprint density at radius 3 is 2.48 bits per heavy atom. The average molecular weight is 372 g/mol. The Kier molecular flexibility index (Phi) is 5.35. The lowest BCUT2D eigenvalue weighted by atomic mass is 10.2. The van der Waals surface area contributed by atoms with Crippen LogP contribution in [-0.2, 0) is 0 Å². The number of para-hydroxylation sites is 1. The minimum Gasteiger partial charge on any atom is -0.327 e. The Morgan fingerprint density at radius 2 is 1.78 bits per heavy atom. The molecule has 0 atom stereocenters. The van der Waals surface area contributed by atoms with Crippen LogP contribution in [0.5, 0.6) is 0 Å². The van der Waals surface area contributed by atoms with Crippen molar-refractivity contribution < 1.29 is 18.0 Å². The lowest BCUT2D eigenvalue weighted by molar-refractivity contribution is 0.102. The fourth-order valence-corrected chi connectivity index (χ4v) is 2.51. The summed E-state index contributed by atoms with van der Waals surface area (Å²) in [6.07, 6.45) is 1.21. The summed E-state index contributed by atoms with van der Waals surface area (Å²) in [6.45, 7) is 2.51. The normalized spacial score (nSPS) is 10.5. The number of aromatic nitrogens is 2. The van der Waals surface area contributed by atoms with E-state index in [0.717, 1.165) is 17.8 Å². The molecule has 1 heterocycles. The summed E-state index contributed by atoms with van der Waals surface area (Å²) in [4.78, 5) is 22.3. The number of halogens is 3. The molecule has 0 saturated heterocycles. The van der Waals surface area contributed by atoms with Crippen molar-refractivity contribution in [1.82, 2.24) is 9.97 Å². The van der Waals surface area contributed by atoms with Crippen LogP contribution >= 0.6 is 0 Å². The maximum absolute atomic E-state index is 13.8. The minimum absolute atomic E-state index is 0.0430. The number of carbonyl (C=O) groups is 1. The number of benzene rings is 2. The van der Waals surface area contributed by atoms with E-state index in [1.54, 1.807) is 0 Å².